The van der Waals surface area contributed by atoms with Crippen molar-refractivity contribution in [3.05, 3.63) is 131 Å². The van der Waals surface area contributed by atoms with E-state index in [9.17, 15) is 9.59 Å². The van der Waals surface area contributed by atoms with E-state index in [0.29, 0.717) is 11.6 Å². The molecule has 0 aliphatic rings. The third-order valence-electron chi connectivity index (χ3n) is 8.88. The number of amides is 2. The number of rotatable bonds is 10. The molecule has 8 nitrogen and oxygen atoms in total. The standard InChI is InChI=1S/C37H42N6O2/c1-8-42-23-21-40(6)35(42)33(44)38-31-17-13-27(14-18-31)26(3)28-11-10-12-30(25-28)37(4,5)29-15-19-32(20-16-29)39-34(45)36-41(7)22-24-43(36)9-2/h10-26H,8-9H2,1-7H3/p+2. The number of imidazole rings is 2. The minimum Gasteiger partial charge on any atom is -0.315 e. The number of hydrogen-bond donors (Lipinski definition) is 2. The summed E-state index contributed by atoms with van der Waals surface area (Å²) in [5.74, 6) is 1.14. The first-order chi connectivity index (χ1) is 21.5. The van der Waals surface area contributed by atoms with E-state index < -0.39 is 0 Å². The molecule has 2 amide bonds. The lowest BCUT2D eigenvalue weighted by Gasteiger charge is -2.27. The van der Waals surface area contributed by atoms with Gasteiger partial charge in [-0.15, -0.1) is 0 Å². The lowest BCUT2D eigenvalue weighted by Crippen LogP contribution is -2.37. The Labute approximate surface area is 266 Å². The number of aryl methyl sites for hydroxylation is 4. The van der Waals surface area contributed by atoms with Gasteiger partial charge in [0, 0.05) is 22.7 Å². The maximum Gasteiger partial charge on any atom is 0.348 e. The van der Waals surface area contributed by atoms with Gasteiger partial charge in [0.25, 0.3) is 0 Å². The predicted molar refractivity (Wildman–Crippen MR) is 177 cm³/mol. The van der Waals surface area contributed by atoms with Crippen LogP contribution in [0.15, 0.2) is 97.6 Å². The highest BCUT2D eigenvalue weighted by molar-refractivity contribution is 6.01. The van der Waals surface area contributed by atoms with Crippen LogP contribution >= 0.6 is 0 Å². The van der Waals surface area contributed by atoms with E-state index in [1.54, 1.807) is 0 Å². The lowest BCUT2D eigenvalue weighted by molar-refractivity contribution is -0.672. The number of benzene rings is 3. The molecule has 0 radical (unpaired) electrons. The zero-order chi connectivity index (χ0) is 32.3. The van der Waals surface area contributed by atoms with E-state index in [2.05, 4.69) is 79.9 Å². The van der Waals surface area contributed by atoms with Gasteiger partial charge in [0.05, 0.1) is 27.2 Å². The highest BCUT2D eigenvalue weighted by Gasteiger charge is 2.26. The molecule has 0 saturated carbocycles. The number of anilines is 2. The zero-order valence-electron chi connectivity index (χ0n) is 27.3. The van der Waals surface area contributed by atoms with E-state index >= 15 is 0 Å². The summed E-state index contributed by atoms with van der Waals surface area (Å²) >= 11 is 0. The summed E-state index contributed by atoms with van der Waals surface area (Å²) < 4.78 is 7.53. The SMILES string of the molecule is CCn1cc[n+](C)c1C(=O)Nc1ccc(C(C)c2cccc(C(C)(C)c3ccc(NC(=O)c4n(CC)cc[n+]4C)cc3)c2)cc1. The first-order valence-electron chi connectivity index (χ1n) is 15.6. The van der Waals surface area contributed by atoms with Crippen LogP contribution in [0.4, 0.5) is 11.4 Å². The monoisotopic (exact) mass is 604 g/mol. The molecular formula is C37H44N6O2+2. The zero-order valence-corrected chi connectivity index (χ0v) is 27.3. The number of aromatic nitrogens is 4. The Morgan fingerprint density at radius 1 is 0.711 bits per heavy atom. The van der Waals surface area contributed by atoms with Crippen LogP contribution in [0.25, 0.3) is 0 Å². The Morgan fingerprint density at radius 3 is 1.69 bits per heavy atom. The molecule has 0 aliphatic heterocycles. The Kier molecular flexibility index (Phi) is 9.04. The highest BCUT2D eigenvalue weighted by Crippen LogP contribution is 2.35. The van der Waals surface area contributed by atoms with Gasteiger partial charge in [0.2, 0.25) is 0 Å². The predicted octanol–water partition coefficient (Wildman–Crippen LogP) is 5.96. The van der Waals surface area contributed by atoms with Crippen LogP contribution in [0.2, 0.25) is 0 Å². The summed E-state index contributed by atoms with van der Waals surface area (Å²) in [4.78, 5) is 25.9. The van der Waals surface area contributed by atoms with Crippen molar-refractivity contribution in [3.8, 4) is 0 Å². The van der Waals surface area contributed by atoms with Crippen LogP contribution in [-0.2, 0) is 32.6 Å². The summed E-state index contributed by atoms with van der Waals surface area (Å²) in [5.41, 5.74) is 6.06. The van der Waals surface area contributed by atoms with Crippen molar-refractivity contribution in [2.75, 3.05) is 10.6 Å². The number of carbonyl (C=O) groups excluding carboxylic acids is 2. The van der Waals surface area contributed by atoms with Gasteiger partial charge in [-0.1, -0.05) is 69.3 Å². The summed E-state index contributed by atoms with van der Waals surface area (Å²) in [5, 5.41) is 6.08. The van der Waals surface area contributed by atoms with Crippen LogP contribution in [0.1, 0.15) is 84.0 Å². The van der Waals surface area contributed by atoms with Crippen LogP contribution in [0, 0.1) is 0 Å². The second kappa shape index (κ2) is 12.9. The quantitative estimate of drug-likeness (QED) is 0.193. The molecule has 5 aromatic rings. The van der Waals surface area contributed by atoms with Crippen LogP contribution in [0.5, 0.6) is 0 Å². The summed E-state index contributed by atoms with van der Waals surface area (Å²) in [6.45, 7) is 12.2. The van der Waals surface area contributed by atoms with Gasteiger partial charge in [-0.05, 0) is 60.4 Å². The van der Waals surface area contributed by atoms with Gasteiger partial charge in [0.15, 0.2) is 0 Å². The molecule has 2 N–H and O–H groups in total. The van der Waals surface area contributed by atoms with Crippen molar-refractivity contribution in [3.63, 3.8) is 0 Å². The minimum atomic E-state index is -0.248. The minimum absolute atomic E-state index is 0.128. The van der Waals surface area contributed by atoms with Crippen LogP contribution in [-0.4, -0.2) is 20.9 Å². The van der Waals surface area contributed by atoms with Crippen molar-refractivity contribution in [1.29, 1.82) is 0 Å². The van der Waals surface area contributed by atoms with E-state index in [0.717, 1.165) is 30.0 Å². The maximum atomic E-state index is 13.0. The molecule has 0 aliphatic carbocycles. The fourth-order valence-electron chi connectivity index (χ4n) is 5.90. The average Bonchev–Trinajstić information content (AvgIpc) is 3.62. The Morgan fingerprint density at radius 2 is 1.20 bits per heavy atom. The average molecular weight is 605 g/mol. The molecule has 1 atom stereocenters. The summed E-state index contributed by atoms with van der Waals surface area (Å²) in [7, 11) is 3.76. The molecule has 45 heavy (non-hydrogen) atoms. The van der Waals surface area contributed by atoms with Crippen molar-refractivity contribution >= 4 is 23.2 Å². The number of hydrogen-bond acceptors (Lipinski definition) is 2. The van der Waals surface area contributed by atoms with Crippen molar-refractivity contribution in [2.45, 2.75) is 59.0 Å². The Balaban J connectivity index is 1.28. The van der Waals surface area contributed by atoms with E-state index in [-0.39, 0.29) is 23.1 Å². The molecule has 2 heterocycles. The normalized spacial score (nSPS) is 12.2. The number of nitrogens with one attached hydrogen (secondary N) is 2. The maximum absolute atomic E-state index is 13.0. The molecule has 0 spiro atoms. The number of carbonyl (C=O) groups is 2. The van der Waals surface area contributed by atoms with Gasteiger partial charge >= 0.3 is 23.5 Å². The van der Waals surface area contributed by atoms with Crippen LogP contribution in [0.3, 0.4) is 0 Å². The second-order valence-electron chi connectivity index (χ2n) is 12.1. The summed E-state index contributed by atoms with van der Waals surface area (Å²) in [6.07, 6.45) is 7.61. The van der Waals surface area contributed by atoms with Crippen molar-refractivity contribution < 1.29 is 18.7 Å². The molecular weight excluding hydrogens is 560 g/mol. The Bertz CT molecular complexity index is 1810. The molecule has 0 bridgehead atoms. The molecule has 0 saturated heterocycles. The first kappa shape index (κ1) is 31.4. The third-order valence-corrected chi connectivity index (χ3v) is 8.88. The molecule has 0 fully saturated rings. The van der Waals surface area contributed by atoms with Gasteiger partial charge in [0.1, 0.15) is 24.8 Å². The first-order valence-corrected chi connectivity index (χ1v) is 15.6. The molecule has 5 rings (SSSR count). The van der Waals surface area contributed by atoms with Crippen LogP contribution < -0.4 is 19.8 Å². The van der Waals surface area contributed by atoms with Gasteiger partial charge in [-0.2, -0.15) is 0 Å². The van der Waals surface area contributed by atoms with E-state index in [1.807, 2.05) is 95.3 Å². The lowest BCUT2D eigenvalue weighted by atomic mass is 9.76. The molecule has 8 heteroatoms. The summed E-state index contributed by atoms with van der Waals surface area (Å²) in [6, 6.07) is 25.0. The molecule has 3 aromatic carbocycles. The molecule has 2 aromatic heterocycles. The third kappa shape index (κ3) is 6.45. The fraction of sp³-hybridized carbons (Fsp3) is 0.297. The van der Waals surface area contributed by atoms with Gasteiger partial charge in [-0.25, -0.2) is 18.3 Å². The highest BCUT2D eigenvalue weighted by atomic mass is 16.2. The largest absolute Gasteiger partial charge is 0.348 e. The topological polar surface area (TPSA) is 75.8 Å². The molecule has 1 unspecified atom stereocenters. The number of nitrogens with zero attached hydrogens (tertiary/aromatic N) is 4. The molecule has 232 valence electrons. The van der Waals surface area contributed by atoms with E-state index in [4.69, 9.17) is 0 Å². The van der Waals surface area contributed by atoms with Gasteiger partial charge in [-0.3, -0.25) is 9.59 Å². The second-order valence-corrected chi connectivity index (χ2v) is 12.1. The van der Waals surface area contributed by atoms with Crippen molar-refractivity contribution in [1.82, 2.24) is 9.13 Å². The van der Waals surface area contributed by atoms with E-state index in [1.165, 1.54) is 16.7 Å². The van der Waals surface area contributed by atoms with Gasteiger partial charge < -0.3 is 10.6 Å². The van der Waals surface area contributed by atoms with Crippen molar-refractivity contribution in [2.24, 2.45) is 14.1 Å². The Hall–Kier alpha value is -4.98. The fourth-order valence-corrected chi connectivity index (χ4v) is 5.90. The smallest absolute Gasteiger partial charge is 0.315 e.